The van der Waals surface area contributed by atoms with E-state index < -0.39 is 28.2 Å². The number of carbonyl (C=O) groups excluding carboxylic acids is 2. The van der Waals surface area contributed by atoms with Crippen molar-refractivity contribution in [2.45, 2.75) is 59.7 Å². The van der Waals surface area contributed by atoms with E-state index in [9.17, 15) is 19.7 Å². The van der Waals surface area contributed by atoms with Gasteiger partial charge in [-0.15, -0.1) is 5.10 Å². The summed E-state index contributed by atoms with van der Waals surface area (Å²) in [6, 6.07) is 13.6. The highest BCUT2D eigenvalue weighted by molar-refractivity contribution is 5.98. The van der Waals surface area contributed by atoms with Gasteiger partial charge in [-0.25, -0.2) is 14.3 Å². The normalized spacial score (nSPS) is 11.7. The van der Waals surface area contributed by atoms with Crippen LogP contribution >= 0.6 is 0 Å². The predicted octanol–water partition coefficient (Wildman–Crippen LogP) is 6.43. The smallest absolute Gasteiger partial charge is 0.435 e. The van der Waals surface area contributed by atoms with E-state index in [1.807, 2.05) is 36.5 Å². The van der Waals surface area contributed by atoms with Crippen LogP contribution in [0.4, 0.5) is 22.0 Å². The molecule has 41 heavy (non-hydrogen) atoms. The maximum Gasteiger partial charge on any atom is 0.435 e. The van der Waals surface area contributed by atoms with Crippen molar-refractivity contribution >= 4 is 29.3 Å². The number of rotatable bonds is 6. The molecule has 2 aromatic carbocycles. The first-order chi connectivity index (χ1) is 19.1. The second kappa shape index (κ2) is 10.9. The van der Waals surface area contributed by atoms with Gasteiger partial charge in [0.2, 0.25) is 0 Å². The summed E-state index contributed by atoms with van der Waals surface area (Å²) in [5.74, 6) is -0.559. The molecule has 214 valence electrons. The van der Waals surface area contributed by atoms with Crippen LogP contribution in [0.3, 0.4) is 0 Å². The summed E-state index contributed by atoms with van der Waals surface area (Å²) < 4.78 is 13.9. The summed E-state index contributed by atoms with van der Waals surface area (Å²) >= 11 is 0. The molecular formula is C29H32N6O6. The molecule has 0 aliphatic heterocycles. The molecule has 4 aromatic rings. The number of anilines is 2. The molecule has 0 spiro atoms. The Labute approximate surface area is 237 Å². The molecule has 0 aliphatic rings. The number of benzene rings is 2. The molecule has 0 saturated heterocycles. The molecule has 0 amide bonds. The van der Waals surface area contributed by atoms with Gasteiger partial charge in [-0.05, 0) is 78.3 Å². The lowest BCUT2D eigenvalue weighted by molar-refractivity contribution is -0.385. The summed E-state index contributed by atoms with van der Waals surface area (Å²) in [5, 5.41) is 23.5. The molecule has 2 aromatic heterocycles. The van der Waals surface area contributed by atoms with Gasteiger partial charge in [0.15, 0.2) is 5.82 Å². The molecular weight excluding hydrogens is 528 g/mol. The van der Waals surface area contributed by atoms with Crippen molar-refractivity contribution in [1.29, 1.82) is 0 Å². The van der Waals surface area contributed by atoms with Crippen molar-refractivity contribution in [3.8, 4) is 16.9 Å². The van der Waals surface area contributed by atoms with Gasteiger partial charge in [0.1, 0.15) is 16.8 Å². The maximum absolute atomic E-state index is 13.1. The molecule has 1 N–H and O–H groups in total. The van der Waals surface area contributed by atoms with E-state index in [2.05, 4.69) is 15.5 Å². The third-order valence-corrected chi connectivity index (χ3v) is 5.71. The number of nitro groups is 1. The molecule has 12 nitrogen and oxygen atoms in total. The Balaban J connectivity index is 1.75. The quantitative estimate of drug-likeness (QED) is 0.160. The highest BCUT2D eigenvalue weighted by atomic mass is 16.6. The Morgan fingerprint density at radius 2 is 1.63 bits per heavy atom. The molecule has 4 rings (SSSR count). The van der Waals surface area contributed by atoms with Crippen molar-refractivity contribution in [2.75, 3.05) is 5.32 Å². The third kappa shape index (κ3) is 6.78. The van der Waals surface area contributed by atoms with Crippen molar-refractivity contribution in [3.63, 3.8) is 0 Å². The minimum Gasteiger partial charge on any atom is -0.456 e. The molecule has 0 radical (unpaired) electrons. The fourth-order valence-electron chi connectivity index (χ4n) is 4.01. The van der Waals surface area contributed by atoms with Crippen molar-refractivity contribution in [3.05, 3.63) is 82.2 Å². The summed E-state index contributed by atoms with van der Waals surface area (Å²) in [7, 11) is 0. The average molecular weight is 561 g/mol. The zero-order chi connectivity index (χ0) is 30.1. The zero-order valence-electron chi connectivity index (χ0n) is 24.0. The number of esters is 1. The van der Waals surface area contributed by atoms with Gasteiger partial charge in [0.05, 0.1) is 16.3 Å². The van der Waals surface area contributed by atoms with E-state index in [0.29, 0.717) is 22.5 Å². The first kappa shape index (κ1) is 29.0. The molecule has 2 heterocycles. The first-order valence-electron chi connectivity index (χ1n) is 12.9. The third-order valence-electron chi connectivity index (χ3n) is 5.71. The molecule has 12 heteroatoms. The summed E-state index contributed by atoms with van der Waals surface area (Å²) in [6.07, 6.45) is 2.81. The topological polar surface area (TPSA) is 143 Å². The largest absolute Gasteiger partial charge is 0.456 e. The van der Waals surface area contributed by atoms with Crippen LogP contribution in [0, 0.1) is 17.0 Å². The van der Waals surface area contributed by atoms with Crippen LogP contribution in [0.15, 0.2) is 60.9 Å². The van der Waals surface area contributed by atoms with Crippen molar-refractivity contribution < 1.29 is 24.0 Å². The van der Waals surface area contributed by atoms with Crippen molar-refractivity contribution in [2.24, 2.45) is 0 Å². The summed E-state index contributed by atoms with van der Waals surface area (Å²) in [6.45, 7) is 11.9. The molecule has 0 aliphatic carbocycles. The fourth-order valence-corrected chi connectivity index (χ4v) is 4.01. The average Bonchev–Trinajstić information content (AvgIpc) is 3.53. The van der Waals surface area contributed by atoms with E-state index >= 15 is 0 Å². The lowest BCUT2D eigenvalue weighted by Gasteiger charge is -2.20. The van der Waals surface area contributed by atoms with Gasteiger partial charge >= 0.3 is 12.1 Å². The van der Waals surface area contributed by atoms with E-state index in [1.54, 1.807) is 65.4 Å². The highest BCUT2D eigenvalue weighted by Gasteiger charge is 2.29. The van der Waals surface area contributed by atoms with E-state index in [4.69, 9.17) is 9.47 Å². The molecule has 0 bridgehead atoms. The number of hydrogen-bond acceptors (Lipinski definition) is 9. The second-order valence-electron chi connectivity index (χ2n) is 11.3. The van der Waals surface area contributed by atoms with E-state index in [-0.39, 0.29) is 17.1 Å². The van der Waals surface area contributed by atoms with E-state index in [0.717, 1.165) is 10.4 Å². The Morgan fingerprint density at radius 3 is 2.20 bits per heavy atom. The van der Waals surface area contributed by atoms with Gasteiger partial charge in [-0.2, -0.15) is 9.78 Å². The van der Waals surface area contributed by atoms with Crippen LogP contribution in [0.25, 0.3) is 16.9 Å². The number of carbonyl (C=O) groups is 2. The number of ether oxygens (including phenoxy) is 2. The predicted molar refractivity (Wildman–Crippen MR) is 153 cm³/mol. The summed E-state index contributed by atoms with van der Waals surface area (Å²) in [4.78, 5) is 37.2. The van der Waals surface area contributed by atoms with Gasteiger partial charge in [0.25, 0.3) is 5.69 Å². The molecule has 0 saturated carbocycles. The number of nitrogens with one attached hydrogen (secondary N) is 1. The molecule has 0 fully saturated rings. The van der Waals surface area contributed by atoms with Crippen LogP contribution in [0.2, 0.25) is 0 Å². The van der Waals surface area contributed by atoms with Crippen molar-refractivity contribution in [1.82, 2.24) is 19.6 Å². The van der Waals surface area contributed by atoms with Gasteiger partial charge < -0.3 is 14.8 Å². The second-order valence-corrected chi connectivity index (χ2v) is 11.3. The fraction of sp³-hybridized carbons (Fsp3) is 0.310. The minimum absolute atomic E-state index is 0.170. The first-order valence-corrected chi connectivity index (χ1v) is 12.9. The SMILES string of the molecule is Cc1c(Nc2cc(-c3ccc(-n4cccn4)cc3)n(C(=O)OC(C)(C)C)n2)ccc([N+](=O)[O-])c1C(=O)OC(C)(C)C. The Morgan fingerprint density at radius 1 is 0.976 bits per heavy atom. The maximum atomic E-state index is 13.1. The number of aromatic nitrogens is 4. The van der Waals surface area contributed by atoms with Crippen LogP contribution in [-0.4, -0.2) is 47.7 Å². The van der Waals surface area contributed by atoms with Crippen LogP contribution < -0.4 is 5.32 Å². The minimum atomic E-state index is -0.852. The number of nitrogens with zero attached hydrogens (tertiary/aromatic N) is 5. The standard InChI is InChI=1S/C29H32N6O6/c1-18-21(13-14-22(35(38)39)25(18)26(36)40-28(2,3)4)31-24-17-23(34(32-24)27(37)41-29(5,6)7)19-9-11-20(12-10-19)33-16-8-15-30-33/h8-17H,1-7H3,(H,31,32). The van der Waals surface area contributed by atoms with Crippen LogP contribution in [0.5, 0.6) is 0 Å². The van der Waals surface area contributed by atoms with Crippen LogP contribution in [0.1, 0.15) is 57.5 Å². The van der Waals surface area contributed by atoms with Crippen LogP contribution in [-0.2, 0) is 9.47 Å². The molecule has 0 unspecified atom stereocenters. The Kier molecular flexibility index (Phi) is 7.69. The van der Waals surface area contributed by atoms with Gasteiger partial charge in [-0.1, -0.05) is 12.1 Å². The monoisotopic (exact) mass is 560 g/mol. The number of nitro benzene ring substituents is 1. The van der Waals surface area contributed by atoms with E-state index in [1.165, 1.54) is 12.1 Å². The zero-order valence-corrected chi connectivity index (χ0v) is 24.0. The Hall–Kier alpha value is -5.00. The summed E-state index contributed by atoms with van der Waals surface area (Å²) in [5.41, 5.74) is 0.468. The van der Waals surface area contributed by atoms with Gasteiger partial charge in [-0.3, -0.25) is 10.1 Å². The number of hydrogen-bond donors (Lipinski definition) is 1. The lowest BCUT2D eigenvalue weighted by atomic mass is 10.0. The lowest BCUT2D eigenvalue weighted by Crippen LogP contribution is -2.28. The highest BCUT2D eigenvalue weighted by Crippen LogP contribution is 2.33. The molecule has 0 atom stereocenters. The van der Waals surface area contributed by atoms with Gasteiger partial charge in [0, 0.05) is 35.8 Å². The Bertz CT molecular complexity index is 1590.